The zero-order valence-electron chi connectivity index (χ0n) is 19.9. The van der Waals surface area contributed by atoms with Gasteiger partial charge < -0.3 is 24.6 Å². The molecule has 2 aromatic rings. The second-order valence-corrected chi connectivity index (χ2v) is 9.27. The molecule has 2 aliphatic heterocycles. The number of morpholine rings is 2. The molecule has 0 saturated carbocycles. The van der Waals surface area contributed by atoms with E-state index >= 15 is 0 Å². The number of hydrogen-bond donors (Lipinski definition) is 1. The molecule has 2 heterocycles. The van der Waals surface area contributed by atoms with Gasteiger partial charge in [0.2, 0.25) is 5.91 Å². The van der Waals surface area contributed by atoms with E-state index in [1.165, 1.54) is 0 Å². The van der Waals surface area contributed by atoms with Gasteiger partial charge in [-0.1, -0.05) is 48.0 Å². The van der Waals surface area contributed by atoms with Gasteiger partial charge in [0.15, 0.2) is 0 Å². The highest BCUT2D eigenvalue weighted by Crippen LogP contribution is 2.17. The lowest BCUT2D eigenvalue weighted by molar-refractivity contribution is -0.134. The van der Waals surface area contributed by atoms with Gasteiger partial charge in [-0.25, -0.2) is 4.79 Å². The summed E-state index contributed by atoms with van der Waals surface area (Å²) in [7, 11) is 0. The van der Waals surface area contributed by atoms with Crippen LogP contribution in [0.2, 0.25) is 5.02 Å². The van der Waals surface area contributed by atoms with E-state index in [1.807, 2.05) is 35.2 Å². The fraction of sp³-hybridized carbons (Fsp3) is 0.462. The minimum Gasteiger partial charge on any atom is -0.379 e. The Hall–Kier alpha value is -2.65. The van der Waals surface area contributed by atoms with Crippen LogP contribution in [-0.4, -0.2) is 98.4 Å². The van der Waals surface area contributed by atoms with Crippen LogP contribution in [0.1, 0.15) is 5.56 Å². The predicted molar refractivity (Wildman–Crippen MR) is 136 cm³/mol. The average molecular weight is 501 g/mol. The van der Waals surface area contributed by atoms with Crippen molar-refractivity contribution in [3.05, 3.63) is 65.2 Å². The van der Waals surface area contributed by atoms with Gasteiger partial charge in [-0.2, -0.15) is 0 Å². The molecule has 2 aromatic carbocycles. The van der Waals surface area contributed by atoms with Crippen molar-refractivity contribution in [3.8, 4) is 0 Å². The third-order valence-electron chi connectivity index (χ3n) is 6.27. The Balaban J connectivity index is 1.36. The second-order valence-electron chi connectivity index (χ2n) is 8.84. The molecule has 2 aliphatic rings. The number of carbonyl (C=O) groups is 2. The van der Waals surface area contributed by atoms with Gasteiger partial charge in [0.1, 0.15) is 0 Å². The highest BCUT2D eigenvalue weighted by atomic mass is 35.5. The van der Waals surface area contributed by atoms with E-state index < -0.39 is 0 Å². The van der Waals surface area contributed by atoms with E-state index in [4.69, 9.17) is 21.1 Å². The Kier molecular flexibility index (Phi) is 9.36. The molecule has 0 spiro atoms. The Morgan fingerprint density at radius 2 is 1.83 bits per heavy atom. The molecule has 0 aromatic heterocycles. The Morgan fingerprint density at radius 3 is 2.60 bits per heavy atom. The van der Waals surface area contributed by atoms with E-state index in [2.05, 4.69) is 10.2 Å². The lowest BCUT2D eigenvalue weighted by Crippen LogP contribution is -2.52. The van der Waals surface area contributed by atoms with Crippen LogP contribution in [0, 0.1) is 0 Å². The van der Waals surface area contributed by atoms with Crippen molar-refractivity contribution in [1.29, 1.82) is 0 Å². The first-order valence-electron chi connectivity index (χ1n) is 12.1. The van der Waals surface area contributed by atoms with Crippen molar-refractivity contribution in [2.75, 3.05) is 71.0 Å². The minimum atomic E-state index is -0.252. The smallest absolute Gasteiger partial charge is 0.322 e. The Labute approximate surface area is 211 Å². The normalized spacial score (nSPS) is 18.8. The van der Waals surface area contributed by atoms with Crippen LogP contribution in [0.3, 0.4) is 0 Å². The topological polar surface area (TPSA) is 74.4 Å². The molecule has 1 atom stereocenters. The Morgan fingerprint density at radius 1 is 1.03 bits per heavy atom. The number of anilines is 1. The van der Waals surface area contributed by atoms with Crippen molar-refractivity contribution in [2.24, 2.45) is 0 Å². The summed E-state index contributed by atoms with van der Waals surface area (Å²) < 4.78 is 11.4. The average Bonchev–Trinajstić information content (AvgIpc) is 2.88. The van der Waals surface area contributed by atoms with Crippen LogP contribution in [0.25, 0.3) is 0 Å². The van der Waals surface area contributed by atoms with E-state index in [0.29, 0.717) is 49.9 Å². The van der Waals surface area contributed by atoms with Gasteiger partial charge in [-0.15, -0.1) is 0 Å². The first-order chi connectivity index (χ1) is 17.1. The van der Waals surface area contributed by atoms with Crippen LogP contribution in [0.5, 0.6) is 0 Å². The van der Waals surface area contributed by atoms with Gasteiger partial charge in [0.25, 0.3) is 0 Å². The monoisotopic (exact) mass is 500 g/mol. The van der Waals surface area contributed by atoms with Crippen molar-refractivity contribution >= 4 is 29.2 Å². The number of urea groups is 1. The van der Waals surface area contributed by atoms with Gasteiger partial charge in [0, 0.05) is 50.0 Å². The first-order valence-corrected chi connectivity index (χ1v) is 12.5. The number of ether oxygens (including phenoxy) is 2. The fourth-order valence-corrected chi connectivity index (χ4v) is 4.51. The molecule has 4 rings (SSSR count). The molecule has 35 heavy (non-hydrogen) atoms. The maximum Gasteiger partial charge on any atom is 0.322 e. The van der Waals surface area contributed by atoms with Crippen LogP contribution in [0.4, 0.5) is 10.5 Å². The van der Waals surface area contributed by atoms with Crippen molar-refractivity contribution in [1.82, 2.24) is 14.7 Å². The molecule has 2 fully saturated rings. The quantitative estimate of drug-likeness (QED) is 0.603. The summed E-state index contributed by atoms with van der Waals surface area (Å²) in [6.07, 6.45) is 0.0913. The molecular weight excluding hydrogens is 468 g/mol. The van der Waals surface area contributed by atoms with E-state index in [0.717, 1.165) is 38.4 Å². The van der Waals surface area contributed by atoms with Gasteiger partial charge >= 0.3 is 6.03 Å². The van der Waals surface area contributed by atoms with Crippen molar-refractivity contribution in [2.45, 2.75) is 12.5 Å². The number of nitrogens with zero attached hydrogens (tertiary/aromatic N) is 3. The zero-order valence-corrected chi connectivity index (χ0v) is 20.7. The number of rotatable bonds is 8. The third-order valence-corrected chi connectivity index (χ3v) is 6.50. The van der Waals surface area contributed by atoms with Gasteiger partial charge in [-0.05, 0) is 23.8 Å². The fourth-order valence-electron chi connectivity index (χ4n) is 4.32. The number of benzene rings is 2. The summed E-state index contributed by atoms with van der Waals surface area (Å²) in [4.78, 5) is 32.0. The molecule has 0 radical (unpaired) electrons. The lowest BCUT2D eigenvalue weighted by atomic mass is 10.1. The maximum atomic E-state index is 13.3. The summed E-state index contributed by atoms with van der Waals surface area (Å²) in [6.45, 7) is 6.37. The number of amides is 3. The molecule has 0 unspecified atom stereocenters. The number of halogens is 1. The van der Waals surface area contributed by atoms with E-state index in [1.54, 1.807) is 29.2 Å². The van der Waals surface area contributed by atoms with E-state index in [9.17, 15) is 9.59 Å². The van der Waals surface area contributed by atoms with Crippen LogP contribution in [-0.2, 0) is 20.7 Å². The molecule has 188 valence electrons. The summed E-state index contributed by atoms with van der Waals surface area (Å²) in [5, 5.41) is 3.46. The molecule has 2 saturated heterocycles. The van der Waals surface area contributed by atoms with Gasteiger partial charge in [0.05, 0.1) is 38.9 Å². The van der Waals surface area contributed by atoms with E-state index in [-0.39, 0.29) is 18.0 Å². The first kappa shape index (κ1) is 25.4. The van der Waals surface area contributed by atoms with Crippen LogP contribution < -0.4 is 5.32 Å². The van der Waals surface area contributed by atoms with Crippen molar-refractivity contribution < 1.29 is 19.1 Å². The molecule has 1 N–H and O–H groups in total. The summed E-state index contributed by atoms with van der Waals surface area (Å²) in [5.41, 5.74) is 1.64. The summed E-state index contributed by atoms with van der Waals surface area (Å²) >= 11 is 6.04. The SMILES string of the molecule is O=C(Cc1ccccc1)N(CCN1CCOCC1)C[C@@H]1CN(C(=O)Nc2cccc(Cl)c2)CCO1. The third kappa shape index (κ3) is 7.93. The Bertz CT molecular complexity index is 971. The molecule has 3 amide bonds. The molecule has 0 bridgehead atoms. The number of nitrogens with one attached hydrogen (secondary N) is 1. The van der Waals surface area contributed by atoms with Crippen LogP contribution >= 0.6 is 11.6 Å². The molecule has 8 nitrogen and oxygen atoms in total. The molecular formula is C26H33ClN4O4. The summed E-state index contributed by atoms with van der Waals surface area (Å²) in [6, 6.07) is 16.7. The lowest BCUT2D eigenvalue weighted by Gasteiger charge is -2.36. The molecule has 9 heteroatoms. The molecule has 0 aliphatic carbocycles. The maximum absolute atomic E-state index is 13.3. The number of hydrogen-bond acceptors (Lipinski definition) is 5. The van der Waals surface area contributed by atoms with Gasteiger partial charge in [-0.3, -0.25) is 9.69 Å². The zero-order chi connectivity index (χ0) is 24.5. The highest BCUT2D eigenvalue weighted by molar-refractivity contribution is 6.30. The number of carbonyl (C=O) groups excluding carboxylic acids is 2. The summed E-state index contributed by atoms with van der Waals surface area (Å²) in [5.74, 6) is 0.0635. The predicted octanol–water partition coefficient (Wildman–Crippen LogP) is 2.98. The van der Waals surface area contributed by atoms with Crippen molar-refractivity contribution in [3.63, 3.8) is 0 Å². The largest absolute Gasteiger partial charge is 0.379 e. The standard InChI is InChI=1S/C26H33ClN4O4/c27-22-7-4-8-23(18-22)28-26(33)31-13-16-35-24(20-31)19-30(10-9-29-11-14-34-15-12-29)25(32)17-21-5-2-1-3-6-21/h1-8,18,24H,9-17,19-20H2,(H,28,33)/t24-/m1/s1. The van der Waals surface area contributed by atoms with Crippen LogP contribution in [0.15, 0.2) is 54.6 Å². The second kappa shape index (κ2) is 12.9. The minimum absolute atomic E-state index is 0.0635. The highest BCUT2D eigenvalue weighted by Gasteiger charge is 2.28.